The molecular weight excluding hydrogens is 512 g/mol. The zero-order valence-corrected chi connectivity index (χ0v) is 22.8. The second kappa shape index (κ2) is 12.6. The number of amides is 1. The van der Waals surface area contributed by atoms with Crippen molar-refractivity contribution in [2.75, 3.05) is 5.75 Å². The van der Waals surface area contributed by atoms with Gasteiger partial charge in [0.25, 0.3) is 0 Å². The SMILES string of the molecule is CC(=O)NCc1cccc(-c2cccc([C@@H]3O[C@H](CSc4nncn4C)C[C@H](c4ccc(CO)cc4)O3)c2)c1. The van der Waals surface area contributed by atoms with E-state index in [2.05, 4.69) is 39.8 Å². The number of carbonyl (C=O) groups excluding carboxylic acids is 1. The predicted octanol–water partition coefficient (Wildman–Crippen LogP) is 4.95. The van der Waals surface area contributed by atoms with Gasteiger partial charge >= 0.3 is 0 Å². The third kappa shape index (κ3) is 6.93. The summed E-state index contributed by atoms with van der Waals surface area (Å²) >= 11 is 1.61. The Balaban J connectivity index is 1.38. The first-order valence-electron chi connectivity index (χ1n) is 12.9. The first-order chi connectivity index (χ1) is 19.0. The first-order valence-corrected chi connectivity index (χ1v) is 13.9. The molecule has 3 aromatic carbocycles. The van der Waals surface area contributed by atoms with Gasteiger partial charge in [-0.3, -0.25) is 4.79 Å². The van der Waals surface area contributed by atoms with E-state index in [0.29, 0.717) is 18.7 Å². The van der Waals surface area contributed by atoms with E-state index < -0.39 is 6.29 Å². The third-order valence-electron chi connectivity index (χ3n) is 6.64. The lowest BCUT2D eigenvalue weighted by Gasteiger charge is -2.36. The summed E-state index contributed by atoms with van der Waals surface area (Å²) < 4.78 is 14.9. The molecule has 0 unspecified atom stereocenters. The van der Waals surface area contributed by atoms with Gasteiger partial charge < -0.3 is 24.5 Å². The van der Waals surface area contributed by atoms with Gasteiger partial charge in [0.2, 0.25) is 5.91 Å². The smallest absolute Gasteiger partial charge is 0.217 e. The number of aliphatic hydroxyl groups excluding tert-OH is 1. The van der Waals surface area contributed by atoms with Crippen molar-refractivity contribution in [3.05, 3.63) is 101 Å². The van der Waals surface area contributed by atoms with E-state index in [-0.39, 0.29) is 24.7 Å². The number of rotatable bonds is 9. The third-order valence-corrected chi connectivity index (χ3v) is 7.81. The minimum Gasteiger partial charge on any atom is -0.392 e. The van der Waals surface area contributed by atoms with Crippen LogP contribution in [0.1, 0.15) is 48.0 Å². The summed E-state index contributed by atoms with van der Waals surface area (Å²) in [6.07, 6.45) is 1.61. The molecule has 1 saturated heterocycles. The van der Waals surface area contributed by atoms with Gasteiger partial charge in [-0.15, -0.1) is 10.2 Å². The lowest BCUT2D eigenvalue weighted by atomic mass is 9.99. The molecule has 2 heterocycles. The summed E-state index contributed by atoms with van der Waals surface area (Å²) in [5.74, 6) is 0.657. The van der Waals surface area contributed by atoms with Crippen LogP contribution < -0.4 is 5.32 Å². The van der Waals surface area contributed by atoms with Crippen LogP contribution in [0, 0.1) is 0 Å². The Morgan fingerprint density at radius 3 is 2.51 bits per heavy atom. The molecule has 2 N–H and O–H groups in total. The number of thioether (sulfide) groups is 1. The Morgan fingerprint density at radius 2 is 1.79 bits per heavy atom. The maximum Gasteiger partial charge on any atom is 0.217 e. The Kier molecular flexibility index (Phi) is 8.73. The molecule has 8 nitrogen and oxygen atoms in total. The molecule has 202 valence electrons. The van der Waals surface area contributed by atoms with Crippen LogP contribution in [-0.4, -0.2) is 37.6 Å². The van der Waals surface area contributed by atoms with Crippen molar-refractivity contribution in [2.45, 2.75) is 50.2 Å². The topological polar surface area (TPSA) is 98.5 Å². The number of aromatic nitrogens is 3. The van der Waals surface area contributed by atoms with Gasteiger partial charge in [-0.25, -0.2) is 0 Å². The van der Waals surface area contributed by atoms with Gasteiger partial charge in [0.1, 0.15) is 6.33 Å². The molecule has 4 aromatic rings. The highest BCUT2D eigenvalue weighted by Gasteiger charge is 2.32. The van der Waals surface area contributed by atoms with Crippen molar-refractivity contribution in [2.24, 2.45) is 7.05 Å². The van der Waals surface area contributed by atoms with Crippen molar-refractivity contribution in [3.8, 4) is 11.1 Å². The van der Waals surface area contributed by atoms with Crippen molar-refractivity contribution in [1.29, 1.82) is 0 Å². The number of hydrogen-bond donors (Lipinski definition) is 2. The molecule has 1 aliphatic rings. The minimum atomic E-state index is -0.547. The summed E-state index contributed by atoms with van der Waals surface area (Å²) in [6, 6.07) is 24.3. The number of aryl methyl sites for hydroxylation is 1. The second-order valence-electron chi connectivity index (χ2n) is 9.62. The molecule has 0 radical (unpaired) electrons. The van der Waals surface area contributed by atoms with Gasteiger partial charge in [0.05, 0.1) is 18.8 Å². The number of hydrogen-bond acceptors (Lipinski definition) is 7. The molecule has 1 amide bonds. The zero-order chi connectivity index (χ0) is 27.2. The molecule has 1 aromatic heterocycles. The maximum atomic E-state index is 11.3. The van der Waals surface area contributed by atoms with Crippen LogP contribution in [0.15, 0.2) is 84.3 Å². The number of aliphatic hydroxyl groups is 1. The Hall–Kier alpha value is -3.50. The van der Waals surface area contributed by atoms with Crippen LogP contribution in [0.5, 0.6) is 0 Å². The molecule has 1 aliphatic heterocycles. The molecule has 5 rings (SSSR count). The number of ether oxygens (including phenoxy) is 2. The van der Waals surface area contributed by atoms with E-state index in [1.54, 1.807) is 18.1 Å². The normalized spacial score (nSPS) is 19.1. The molecule has 0 bridgehead atoms. The van der Waals surface area contributed by atoms with E-state index in [4.69, 9.17) is 9.47 Å². The van der Waals surface area contributed by atoms with Gasteiger partial charge in [-0.1, -0.05) is 72.4 Å². The highest BCUT2D eigenvalue weighted by atomic mass is 32.2. The van der Waals surface area contributed by atoms with E-state index in [1.807, 2.05) is 60.1 Å². The fourth-order valence-corrected chi connectivity index (χ4v) is 5.45. The second-order valence-corrected chi connectivity index (χ2v) is 10.6. The van der Waals surface area contributed by atoms with E-state index >= 15 is 0 Å². The van der Waals surface area contributed by atoms with Crippen LogP contribution in [-0.2, 0) is 34.5 Å². The standard InChI is InChI=1S/C30H32N4O4S/c1-20(36)31-16-22-5-3-6-24(13-22)25-7-4-8-26(14-25)29-37-27(18-39-30-33-32-19-34(30)2)15-28(38-29)23-11-9-21(17-35)10-12-23/h3-14,19,27-29,35H,15-18H2,1-2H3,(H,31,36)/t27-,28+,29+/m0/s1. The lowest BCUT2D eigenvalue weighted by molar-refractivity contribution is -0.245. The van der Waals surface area contributed by atoms with E-state index in [1.165, 1.54) is 6.92 Å². The van der Waals surface area contributed by atoms with Crippen LogP contribution in [0.25, 0.3) is 11.1 Å². The molecule has 0 aliphatic carbocycles. The highest BCUT2D eigenvalue weighted by Crippen LogP contribution is 2.40. The molecule has 1 fully saturated rings. The summed E-state index contributed by atoms with van der Waals surface area (Å²) in [5, 5.41) is 21.3. The number of nitrogens with one attached hydrogen (secondary N) is 1. The summed E-state index contributed by atoms with van der Waals surface area (Å²) in [4.78, 5) is 11.3. The van der Waals surface area contributed by atoms with E-state index in [9.17, 15) is 9.90 Å². The Labute approximate surface area is 232 Å². The van der Waals surface area contributed by atoms with Crippen molar-refractivity contribution in [3.63, 3.8) is 0 Å². The Bertz CT molecular complexity index is 1410. The molecule has 0 saturated carbocycles. The van der Waals surface area contributed by atoms with Crippen LogP contribution in [0.2, 0.25) is 0 Å². The molecule has 3 atom stereocenters. The van der Waals surface area contributed by atoms with Crippen LogP contribution in [0.4, 0.5) is 0 Å². The number of nitrogens with zero attached hydrogens (tertiary/aromatic N) is 3. The molecular formula is C30H32N4O4S. The largest absolute Gasteiger partial charge is 0.392 e. The summed E-state index contributed by atoms with van der Waals surface area (Å²) in [5.41, 5.74) is 5.99. The monoisotopic (exact) mass is 544 g/mol. The van der Waals surface area contributed by atoms with E-state index in [0.717, 1.165) is 38.5 Å². The van der Waals surface area contributed by atoms with Crippen molar-refractivity contribution < 1.29 is 19.4 Å². The summed E-state index contributed by atoms with van der Waals surface area (Å²) in [7, 11) is 1.93. The van der Waals surface area contributed by atoms with Crippen LogP contribution in [0.3, 0.4) is 0 Å². The fourth-order valence-electron chi connectivity index (χ4n) is 4.55. The van der Waals surface area contributed by atoms with Gasteiger partial charge in [0.15, 0.2) is 11.4 Å². The zero-order valence-electron chi connectivity index (χ0n) is 22.0. The van der Waals surface area contributed by atoms with Crippen molar-refractivity contribution in [1.82, 2.24) is 20.1 Å². The molecule has 39 heavy (non-hydrogen) atoms. The van der Waals surface area contributed by atoms with Gasteiger partial charge in [-0.05, 0) is 39.9 Å². The lowest BCUT2D eigenvalue weighted by Crippen LogP contribution is -2.31. The molecule has 9 heteroatoms. The van der Waals surface area contributed by atoms with Gasteiger partial charge in [0, 0.05) is 38.3 Å². The average Bonchev–Trinajstić information content (AvgIpc) is 3.39. The van der Waals surface area contributed by atoms with Gasteiger partial charge in [-0.2, -0.15) is 0 Å². The summed E-state index contributed by atoms with van der Waals surface area (Å²) in [6.45, 7) is 2.01. The average molecular weight is 545 g/mol. The number of carbonyl (C=O) groups is 1. The Morgan fingerprint density at radius 1 is 1.03 bits per heavy atom. The quantitative estimate of drug-likeness (QED) is 0.288. The maximum absolute atomic E-state index is 11.3. The minimum absolute atomic E-state index is 0.00725. The first kappa shape index (κ1) is 27.1. The fraction of sp³-hybridized carbons (Fsp3) is 0.300. The number of benzene rings is 3. The molecule has 0 spiro atoms. The highest BCUT2D eigenvalue weighted by molar-refractivity contribution is 7.99. The predicted molar refractivity (Wildman–Crippen MR) is 150 cm³/mol. The van der Waals surface area contributed by atoms with Crippen molar-refractivity contribution >= 4 is 17.7 Å². The van der Waals surface area contributed by atoms with Crippen LogP contribution >= 0.6 is 11.8 Å².